The largest absolute Gasteiger partial charge is 0.360 e. The zero-order valence-corrected chi connectivity index (χ0v) is 10.2. The van der Waals surface area contributed by atoms with Crippen LogP contribution in [0.2, 0.25) is 0 Å². The number of hydrogen-bond acceptors (Lipinski definition) is 3. The molecule has 0 bridgehead atoms. The fourth-order valence-electron chi connectivity index (χ4n) is 1.03. The van der Waals surface area contributed by atoms with Gasteiger partial charge in [-0.2, -0.15) is 10.5 Å². The van der Waals surface area contributed by atoms with Gasteiger partial charge in [0.05, 0.1) is 0 Å². The first-order chi connectivity index (χ1) is 7.17. The lowest BCUT2D eigenvalue weighted by atomic mass is 10.2. The van der Waals surface area contributed by atoms with Crippen molar-refractivity contribution in [2.75, 3.05) is 5.32 Å². The van der Waals surface area contributed by atoms with Crippen LogP contribution in [0.1, 0.15) is 5.56 Å². The Labute approximate surface area is 102 Å². The Morgan fingerprint density at radius 1 is 1.40 bits per heavy atom. The maximum absolute atomic E-state index is 8.54. The summed E-state index contributed by atoms with van der Waals surface area (Å²) in [6.45, 7) is 1.97. The normalized spacial score (nSPS) is 8.53. The van der Waals surface area contributed by atoms with Crippen molar-refractivity contribution in [3.8, 4) is 12.1 Å². The number of benzene rings is 1. The van der Waals surface area contributed by atoms with Gasteiger partial charge in [0.1, 0.15) is 17.7 Å². The van der Waals surface area contributed by atoms with Crippen molar-refractivity contribution < 1.29 is 0 Å². The minimum Gasteiger partial charge on any atom is -0.360 e. The van der Waals surface area contributed by atoms with E-state index in [4.69, 9.17) is 10.5 Å². The average Bonchev–Trinajstić information content (AvgIpc) is 2.22. The van der Waals surface area contributed by atoms with Gasteiger partial charge in [0.2, 0.25) is 0 Å². The fourth-order valence-corrected chi connectivity index (χ4v) is 1.68. The highest BCUT2D eigenvalue weighted by molar-refractivity contribution is 14.1. The predicted octanol–water partition coefficient (Wildman–Crippen LogP) is 2.94. The SMILES string of the molecule is Cc1cc(I)ccc1NC=C(C#N)C#N. The Balaban J connectivity index is 2.89. The van der Waals surface area contributed by atoms with Gasteiger partial charge in [-0.05, 0) is 53.3 Å². The Bertz CT molecular complexity index is 462. The third-order valence-electron chi connectivity index (χ3n) is 1.80. The molecule has 0 aromatic heterocycles. The minimum atomic E-state index is 0.0629. The van der Waals surface area contributed by atoms with Crippen LogP contribution in [0.3, 0.4) is 0 Å². The molecule has 0 saturated heterocycles. The molecule has 0 saturated carbocycles. The molecular formula is C11H8IN3. The highest BCUT2D eigenvalue weighted by Crippen LogP contribution is 2.17. The van der Waals surface area contributed by atoms with E-state index in [1.165, 1.54) is 6.20 Å². The summed E-state index contributed by atoms with van der Waals surface area (Å²) >= 11 is 2.23. The summed E-state index contributed by atoms with van der Waals surface area (Å²) < 4.78 is 1.15. The van der Waals surface area contributed by atoms with Crippen LogP contribution in [0, 0.1) is 33.2 Å². The van der Waals surface area contributed by atoms with Crippen molar-refractivity contribution in [1.82, 2.24) is 0 Å². The average molecular weight is 309 g/mol. The highest BCUT2D eigenvalue weighted by Gasteiger charge is 1.97. The third-order valence-corrected chi connectivity index (χ3v) is 2.47. The Morgan fingerprint density at radius 3 is 2.60 bits per heavy atom. The zero-order valence-electron chi connectivity index (χ0n) is 8.08. The Morgan fingerprint density at radius 2 is 2.07 bits per heavy atom. The van der Waals surface area contributed by atoms with E-state index in [1.54, 1.807) is 12.1 Å². The monoisotopic (exact) mass is 309 g/mol. The molecule has 0 unspecified atom stereocenters. The van der Waals surface area contributed by atoms with Crippen molar-refractivity contribution >= 4 is 28.3 Å². The van der Waals surface area contributed by atoms with E-state index >= 15 is 0 Å². The summed E-state index contributed by atoms with van der Waals surface area (Å²) in [6, 6.07) is 9.48. The Hall–Kier alpha value is -1.53. The second-order valence-electron chi connectivity index (χ2n) is 2.89. The Kier molecular flexibility index (Phi) is 4.14. The molecular weight excluding hydrogens is 301 g/mol. The maximum atomic E-state index is 8.54. The van der Waals surface area contributed by atoms with Gasteiger partial charge in [-0.3, -0.25) is 0 Å². The maximum Gasteiger partial charge on any atom is 0.145 e. The van der Waals surface area contributed by atoms with E-state index in [0.717, 1.165) is 14.8 Å². The summed E-state index contributed by atoms with van der Waals surface area (Å²) in [4.78, 5) is 0. The number of halogens is 1. The molecule has 4 heteroatoms. The molecule has 0 aliphatic heterocycles. The van der Waals surface area contributed by atoms with Crippen LogP contribution in [0.15, 0.2) is 30.0 Å². The lowest BCUT2D eigenvalue weighted by Gasteiger charge is -2.05. The van der Waals surface area contributed by atoms with Crippen LogP contribution in [0.5, 0.6) is 0 Å². The summed E-state index contributed by atoms with van der Waals surface area (Å²) in [5, 5.41) is 20.0. The van der Waals surface area contributed by atoms with Crippen molar-refractivity contribution in [3.63, 3.8) is 0 Å². The van der Waals surface area contributed by atoms with Gasteiger partial charge < -0.3 is 5.32 Å². The lowest BCUT2D eigenvalue weighted by molar-refractivity contribution is 1.40. The number of nitrogens with one attached hydrogen (secondary N) is 1. The number of allylic oxidation sites excluding steroid dienone is 1. The molecule has 1 rings (SSSR count). The molecule has 0 amide bonds. The van der Waals surface area contributed by atoms with Gasteiger partial charge in [0.25, 0.3) is 0 Å². The zero-order chi connectivity index (χ0) is 11.3. The first-order valence-electron chi connectivity index (χ1n) is 4.20. The van der Waals surface area contributed by atoms with Crippen molar-refractivity contribution in [1.29, 1.82) is 10.5 Å². The lowest BCUT2D eigenvalue weighted by Crippen LogP contribution is -1.92. The smallest absolute Gasteiger partial charge is 0.145 e. The second-order valence-corrected chi connectivity index (χ2v) is 4.13. The van der Waals surface area contributed by atoms with Crippen LogP contribution in [0.25, 0.3) is 0 Å². The molecule has 0 aliphatic rings. The summed E-state index contributed by atoms with van der Waals surface area (Å²) in [7, 11) is 0. The molecule has 0 heterocycles. The number of rotatable bonds is 2. The first-order valence-corrected chi connectivity index (χ1v) is 5.28. The van der Waals surface area contributed by atoms with E-state index in [2.05, 4.69) is 27.9 Å². The molecule has 0 aliphatic carbocycles. The van der Waals surface area contributed by atoms with Gasteiger partial charge in [-0.15, -0.1) is 0 Å². The molecule has 0 fully saturated rings. The number of nitrogens with zero attached hydrogens (tertiary/aromatic N) is 2. The topological polar surface area (TPSA) is 59.6 Å². The van der Waals surface area contributed by atoms with Crippen LogP contribution < -0.4 is 5.32 Å². The van der Waals surface area contributed by atoms with E-state index in [9.17, 15) is 0 Å². The number of nitriles is 2. The van der Waals surface area contributed by atoms with E-state index in [1.807, 2.05) is 25.1 Å². The van der Waals surface area contributed by atoms with E-state index < -0.39 is 0 Å². The quantitative estimate of drug-likeness (QED) is 0.675. The van der Waals surface area contributed by atoms with Crippen molar-refractivity contribution in [2.45, 2.75) is 6.92 Å². The van der Waals surface area contributed by atoms with Gasteiger partial charge in [0.15, 0.2) is 0 Å². The minimum absolute atomic E-state index is 0.0629. The molecule has 3 nitrogen and oxygen atoms in total. The van der Waals surface area contributed by atoms with Crippen LogP contribution in [-0.2, 0) is 0 Å². The fraction of sp³-hybridized carbons (Fsp3) is 0.0909. The second kappa shape index (κ2) is 5.38. The summed E-state index contributed by atoms with van der Waals surface area (Å²) in [5.41, 5.74) is 2.04. The number of aryl methyl sites for hydroxylation is 1. The van der Waals surface area contributed by atoms with E-state index in [0.29, 0.717) is 0 Å². The molecule has 0 atom stereocenters. The van der Waals surface area contributed by atoms with Crippen molar-refractivity contribution in [2.24, 2.45) is 0 Å². The molecule has 0 radical (unpaired) electrons. The molecule has 1 aromatic rings. The van der Waals surface area contributed by atoms with Crippen LogP contribution in [0.4, 0.5) is 5.69 Å². The van der Waals surface area contributed by atoms with Crippen LogP contribution >= 0.6 is 22.6 Å². The molecule has 74 valence electrons. The molecule has 1 aromatic carbocycles. The van der Waals surface area contributed by atoms with Gasteiger partial charge in [-0.25, -0.2) is 0 Å². The summed E-state index contributed by atoms with van der Waals surface area (Å²) in [6.07, 6.45) is 1.41. The molecule has 15 heavy (non-hydrogen) atoms. The van der Waals surface area contributed by atoms with Crippen LogP contribution in [-0.4, -0.2) is 0 Å². The predicted molar refractivity (Wildman–Crippen MR) is 66.8 cm³/mol. The molecule has 1 N–H and O–H groups in total. The van der Waals surface area contributed by atoms with E-state index in [-0.39, 0.29) is 5.57 Å². The third kappa shape index (κ3) is 3.26. The summed E-state index contributed by atoms with van der Waals surface area (Å²) in [5.74, 6) is 0. The number of hydrogen-bond donors (Lipinski definition) is 1. The van der Waals surface area contributed by atoms with Gasteiger partial charge >= 0.3 is 0 Å². The van der Waals surface area contributed by atoms with Gasteiger partial charge in [0, 0.05) is 15.5 Å². The van der Waals surface area contributed by atoms with Gasteiger partial charge in [-0.1, -0.05) is 0 Å². The first kappa shape index (κ1) is 11.5. The molecule has 0 spiro atoms. The van der Waals surface area contributed by atoms with Crippen molar-refractivity contribution in [3.05, 3.63) is 39.1 Å². The highest BCUT2D eigenvalue weighted by atomic mass is 127. The number of anilines is 1. The standard InChI is InChI=1S/C11H8IN3/c1-8-4-10(12)2-3-11(8)15-7-9(5-13)6-14/h2-4,7,15H,1H3.